The Labute approximate surface area is 132 Å². The first kappa shape index (κ1) is 15.1. The van der Waals surface area contributed by atoms with Gasteiger partial charge >= 0.3 is 0 Å². The first-order valence-corrected chi connectivity index (χ1v) is 7.35. The van der Waals surface area contributed by atoms with E-state index in [4.69, 9.17) is 0 Å². The van der Waals surface area contributed by atoms with Crippen LogP contribution in [0.3, 0.4) is 0 Å². The monoisotopic (exact) mass is 313 g/mol. The van der Waals surface area contributed by atoms with E-state index in [9.17, 15) is 14.0 Å². The largest absolute Gasteiger partial charge is 0.347 e. The summed E-state index contributed by atoms with van der Waals surface area (Å²) in [5.74, 6) is -1.66. The van der Waals surface area contributed by atoms with E-state index in [0.29, 0.717) is 11.3 Å². The van der Waals surface area contributed by atoms with Crippen LogP contribution in [-0.4, -0.2) is 16.8 Å². The maximum absolute atomic E-state index is 13.3. The van der Waals surface area contributed by atoms with Crippen molar-refractivity contribution in [3.8, 4) is 0 Å². The summed E-state index contributed by atoms with van der Waals surface area (Å²) in [5, 5.41) is 5.47. The van der Waals surface area contributed by atoms with Crippen LogP contribution in [0.1, 0.15) is 36.6 Å². The van der Waals surface area contributed by atoms with Crippen molar-refractivity contribution in [1.29, 1.82) is 0 Å². The van der Waals surface area contributed by atoms with Crippen LogP contribution in [0.4, 0.5) is 10.1 Å². The fourth-order valence-corrected chi connectivity index (χ4v) is 2.69. The summed E-state index contributed by atoms with van der Waals surface area (Å²) in [6, 6.07) is 9.25. The Morgan fingerprint density at radius 1 is 1.39 bits per heavy atom. The Kier molecular flexibility index (Phi) is 4.06. The second kappa shape index (κ2) is 6.16. The van der Waals surface area contributed by atoms with E-state index < -0.39 is 11.7 Å². The molecule has 2 aromatic rings. The summed E-state index contributed by atoms with van der Waals surface area (Å²) in [4.78, 5) is 28.5. The number of aromatic nitrogens is 1. The fourth-order valence-electron chi connectivity index (χ4n) is 2.69. The molecule has 0 saturated carbocycles. The Morgan fingerprint density at radius 2 is 2.22 bits per heavy atom. The van der Waals surface area contributed by atoms with Crippen LogP contribution in [0.5, 0.6) is 0 Å². The average Bonchev–Trinajstić information content (AvgIpc) is 2.54. The quantitative estimate of drug-likeness (QED) is 0.914. The number of fused-ring (bicyclic) bond motifs is 1. The molecule has 0 fully saturated rings. The molecule has 118 valence electrons. The van der Waals surface area contributed by atoms with Crippen molar-refractivity contribution >= 4 is 17.5 Å². The van der Waals surface area contributed by atoms with E-state index in [1.54, 1.807) is 18.3 Å². The van der Waals surface area contributed by atoms with Crippen LogP contribution in [-0.2, 0) is 9.59 Å². The highest BCUT2D eigenvalue weighted by molar-refractivity contribution is 6.01. The second-order valence-electron chi connectivity index (χ2n) is 5.52. The van der Waals surface area contributed by atoms with Crippen LogP contribution in [0, 0.1) is 5.82 Å². The molecule has 2 atom stereocenters. The van der Waals surface area contributed by atoms with Gasteiger partial charge in [-0.2, -0.15) is 0 Å². The van der Waals surface area contributed by atoms with E-state index in [-0.39, 0.29) is 24.3 Å². The van der Waals surface area contributed by atoms with E-state index in [0.717, 1.165) is 5.69 Å². The van der Waals surface area contributed by atoms with Gasteiger partial charge in [0.15, 0.2) is 0 Å². The summed E-state index contributed by atoms with van der Waals surface area (Å²) < 4.78 is 13.3. The topological polar surface area (TPSA) is 71.1 Å². The number of carbonyl (C=O) groups excluding carboxylic acids is 2. The predicted octanol–water partition coefficient (Wildman–Crippen LogP) is 2.52. The number of hydrogen-bond donors (Lipinski definition) is 2. The molecule has 23 heavy (non-hydrogen) atoms. The van der Waals surface area contributed by atoms with Crippen LogP contribution < -0.4 is 10.6 Å². The molecule has 0 radical (unpaired) electrons. The molecule has 0 bridgehead atoms. The molecule has 0 saturated heterocycles. The minimum atomic E-state index is -0.634. The first-order chi connectivity index (χ1) is 11.0. The summed E-state index contributed by atoms with van der Waals surface area (Å²) in [6.45, 7) is 1.83. The third-order valence-corrected chi connectivity index (χ3v) is 3.86. The first-order valence-electron chi connectivity index (χ1n) is 7.35. The number of pyridine rings is 1. The molecule has 0 spiro atoms. The maximum Gasteiger partial charge on any atom is 0.228 e. The van der Waals surface area contributed by atoms with Gasteiger partial charge in [-0.05, 0) is 36.8 Å². The highest BCUT2D eigenvalue weighted by atomic mass is 19.1. The van der Waals surface area contributed by atoms with Gasteiger partial charge in [0, 0.05) is 18.3 Å². The molecular formula is C17H16FN3O2. The molecule has 1 aliphatic rings. The molecule has 5 nitrogen and oxygen atoms in total. The van der Waals surface area contributed by atoms with Crippen molar-refractivity contribution in [3.63, 3.8) is 0 Å². The zero-order valence-electron chi connectivity index (χ0n) is 12.5. The van der Waals surface area contributed by atoms with Crippen LogP contribution in [0.2, 0.25) is 0 Å². The Bertz CT molecular complexity index is 749. The lowest BCUT2D eigenvalue weighted by atomic mass is 9.89. The van der Waals surface area contributed by atoms with Crippen molar-refractivity contribution in [2.24, 2.45) is 0 Å². The van der Waals surface area contributed by atoms with Gasteiger partial charge in [-0.25, -0.2) is 4.39 Å². The van der Waals surface area contributed by atoms with Gasteiger partial charge in [-0.1, -0.05) is 12.1 Å². The summed E-state index contributed by atoms with van der Waals surface area (Å²) >= 11 is 0. The molecule has 1 aromatic heterocycles. The van der Waals surface area contributed by atoms with Crippen LogP contribution in [0.15, 0.2) is 42.6 Å². The Morgan fingerprint density at radius 3 is 2.96 bits per heavy atom. The number of benzene rings is 1. The molecule has 2 heterocycles. The standard InChI is InChI=1S/C17H16FN3O2/c1-10(14-4-2-3-7-19-14)20-17(23)13-9-16(22)21-15-8-11(18)5-6-12(13)15/h2-8,10,13H,9H2,1H3,(H,20,23)(H,21,22)/t10-,13-/m1/s1. The Balaban J connectivity index is 1.81. The van der Waals surface area contributed by atoms with E-state index in [1.165, 1.54) is 12.1 Å². The molecule has 1 aromatic carbocycles. The van der Waals surface area contributed by atoms with Crippen molar-refractivity contribution in [1.82, 2.24) is 10.3 Å². The third kappa shape index (κ3) is 3.21. The van der Waals surface area contributed by atoms with Gasteiger partial charge in [0.2, 0.25) is 11.8 Å². The molecule has 3 rings (SSSR count). The average molecular weight is 313 g/mol. The second-order valence-corrected chi connectivity index (χ2v) is 5.52. The van der Waals surface area contributed by atoms with Crippen LogP contribution >= 0.6 is 0 Å². The van der Waals surface area contributed by atoms with Crippen molar-refractivity contribution in [3.05, 3.63) is 59.7 Å². The van der Waals surface area contributed by atoms with E-state index in [1.807, 2.05) is 19.1 Å². The lowest BCUT2D eigenvalue weighted by Crippen LogP contribution is -2.36. The van der Waals surface area contributed by atoms with Gasteiger partial charge in [0.1, 0.15) is 5.82 Å². The number of amides is 2. The Hall–Kier alpha value is -2.76. The lowest BCUT2D eigenvalue weighted by Gasteiger charge is -2.26. The maximum atomic E-state index is 13.3. The number of anilines is 1. The smallest absolute Gasteiger partial charge is 0.228 e. The molecule has 0 unspecified atom stereocenters. The number of hydrogen-bond acceptors (Lipinski definition) is 3. The zero-order chi connectivity index (χ0) is 16.4. The van der Waals surface area contributed by atoms with Gasteiger partial charge in [0.25, 0.3) is 0 Å². The fraction of sp³-hybridized carbons (Fsp3) is 0.235. The van der Waals surface area contributed by atoms with Crippen LogP contribution in [0.25, 0.3) is 0 Å². The molecule has 6 heteroatoms. The summed E-state index contributed by atoms with van der Waals surface area (Å²) in [7, 11) is 0. The van der Waals surface area contributed by atoms with Crippen molar-refractivity contribution < 1.29 is 14.0 Å². The number of nitrogens with one attached hydrogen (secondary N) is 2. The third-order valence-electron chi connectivity index (χ3n) is 3.86. The lowest BCUT2D eigenvalue weighted by molar-refractivity contribution is -0.126. The summed E-state index contributed by atoms with van der Waals surface area (Å²) in [5.41, 5.74) is 1.71. The van der Waals surface area contributed by atoms with Crippen molar-refractivity contribution in [2.75, 3.05) is 5.32 Å². The van der Waals surface area contributed by atoms with E-state index >= 15 is 0 Å². The number of rotatable bonds is 3. The molecule has 2 N–H and O–H groups in total. The normalized spacial score (nSPS) is 17.8. The number of halogens is 1. The van der Waals surface area contributed by atoms with Gasteiger partial charge in [0.05, 0.1) is 17.7 Å². The highest BCUT2D eigenvalue weighted by Gasteiger charge is 2.31. The minimum absolute atomic E-state index is 0.0411. The molecular weight excluding hydrogens is 297 g/mol. The zero-order valence-corrected chi connectivity index (χ0v) is 12.5. The van der Waals surface area contributed by atoms with E-state index in [2.05, 4.69) is 15.6 Å². The van der Waals surface area contributed by atoms with Crippen molar-refractivity contribution in [2.45, 2.75) is 25.3 Å². The minimum Gasteiger partial charge on any atom is -0.347 e. The molecule has 2 amide bonds. The van der Waals surface area contributed by atoms with Gasteiger partial charge < -0.3 is 10.6 Å². The number of nitrogens with zero attached hydrogens (tertiary/aromatic N) is 1. The number of carbonyl (C=O) groups is 2. The van der Waals surface area contributed by atoms with Gasteiger partial charge in [-0.15, -0.1) is 0 Å². The molecule has 0 aliphatic carbocycles. The SMILES string of the molecule is C[C@@H](NC(=O)[C@@H]1CC(=O)Nc2cc(F)ccc21)c1ccccn1. The summed E-state index contributed by atoms with van der Waals surface area (Å²) in [6.07, 6.45) is 1.70. The predicted molar refractivity (Wildman–Crippen MR) is 83.2 cm³/mol. The molecule has 1 aliphatic heterocycles. The van der Waals surface area contributed by atoms with Gasteiger partial charge in [-0.3, -0.25) is 14.6 Å². The highest BCUT2D eigenvalue weighted by Crippen LogP contribution is 2.33.